The van der Waals surface area contributed by atoms with Crippen LogP contribution in [0, 0.1) is 6.92 Å². The van der Waals surface area contributed by atoms with Gasteiger partial charge in [-0.2, -0.15) is 0 Å². The Balaban J connectivity index is 1.48. The molecule has 0 unspecified atom stereocenters. The number of hydrogen-bond donors (Lipinski definition) is 1. The van der Waals surface area contributed by atoms with E-state index in [-0.39, 0.29) is 18.1 Å². The fourth-order valence-electron chi connectivity index (χ4n) is 4.65. The summed E-state index contributed by atoms with van der Waals surface area (Å²) in [5.41, 5.74) is 2.82. The molecular formula is C27H29N5O3S2. The lowest BCUT2D eigenvalue weighted by Gasteiger charge is -2.35. The van der Waals surface area contributed by atoms with Gasteiger partial charge in [0.15, 0.2) is 0 Å². The third kappa shape index (κ3) is 5.47. The molecule has 0 radical (unpaired) electrons. The molecule has 0 aliphatic carbocycles. The predicted molar refractivity (Wildman–Crippen MR) is 152 cm³/mol. The van der Waals surface area contributed by atoms with E-state index in [1.807, 2.05) is 49.4 Å². The maximum atomic E-state index is 13.7. The van der Waals surface area contributed by atoms with Crippen LogP contribution in [-0.2, 0) is 11.2 Å². The second-order valence-corrected chi connectivity index (χ2v) is 10.9. The Hall–Kier alpha value is -3.05. The van der Waals surface area contributed by atoms with Crippen LogP contribution in [0.5, 0.6) is 0 Å². The van der Waals surface area contributed by atoms with Crippen molar-refractivity contribution in [2.75, 3.05) is 50.8 Å². The lowest BCUT2D eigenvalue weighted by Crippen LogP contribution is -2.48. The van der Waals surface area contributed by atoms with Crippen LogP contribution in [0.3, 0.4) is 0 Å². The third-order valence-corrected chi connectivity index (χ3v) is 8.07. The van der Waals surface area contributed by atoms with Crippen LogP contribution >= 0.6 is 24.0 Å². The van der Waals surface area contributed by atoms with Crippen molar-refractivity contribution in [1.29, 1.82) is 0 Å². The first-order chi connectivity index (χ1) is 17.9. The monoisotopic (exact) mass is 535 g/mol. The average Bonchev–Trinajstić information content (AvgIpc) is 3.17. The number of thioether (sulfide) groups is 1. The number of nitrogens with zero attached hydrogens (tertiary/aromatic N) is 5. The van der Waals surface area contributed by atoms with E-state index in [0.29, 0.717) is 58.9 Å². The zero-order valence-corrected chi connectivity index (χ0v) is 22.3. The number of β-amino-alcohol motifs (C(OH)–C–C–N with tert-alkyl or cyclic N) is 1. The fourth-order valence-corrected chi connectivity index (χ4v) is 5.94. The Morgan fingerprint density at radius 1 is 1.05 bits per heavy atom. The molecule has 5 rings (SSSR count). The zero-order valence-electron chi connectivity index (χ0n) is 20.7. The number of pyridine rings is 1. The number of aliphatic hydroxyl groups excluding tert-OH is 1. The van der Waals surface area contributed by atoms with E-state index < -0.39 is 0 Å². The number of aryl methyl sites for hydroxylation is 1. The third-order valence-electron chi connectivity index (χ3n) is 6.69. The topological polar surface area (TPSA) is 81.4 Å². The quantitative estimate of drug-likeness (QED) is 0.365. The average molecular weight is 536 g/mol. The van der Waals surface area contributed by atoms with E-state index in [2.05, 4.69) is 9.80 Å². The summed E-state index contributed by atoms with van der Waals surface area (Å²) in [6, 6.07) is 13.8. The molecule has 2 saturated heterocycles. The maximum Gasteiger partial charge on any atom is 0.267 e. The van der Waals surface area contributed by atoms with Gasteiger partial charge in [0.05, 0.1) is 17.1 Å². The number of aliphatic hydroxyl groups is 1. The Morgan fingerprint density at radius 2 is 1.81 bits per heavy atom. The Bertz CT molecular complexity index is 1410. The van der Waals surface area contributed by atoms with Crippen molar-refractivity contribution in [2.45, 2.75) is 13.3 Å². The molecule has 3 aromatic rings. The molecule has 2 fully saturated rings. The van der Waals surface area contributed by atoms with Gasteiger partial charge in [-0.3, -0.25) is 23.8 Å². The standard InChI is InChI=1S/C27H29N5O3S2/c1-19-7-8-23-28-24(30-13-11-29(12-14-30)15-16-33)21(25(34)32(23)18-19)17-22-26(35)31(27(36)37-22)10-9-20-5-3-2-4-6-20/h2-8,17-18,33H,9-16H2,1H3. The van der Waals surface area contributed by atoms with E-state index in [1.165, 1.54) is 11.8 Å². The lowest BCUT2D eigenvalue weighted by atomic mass is 10.1. The number of aromatic nitrogens is 2. The number of carbonyl (C=O) groups excluding carboxylic acids is 1. The molecule has 2 aromatic heterocycles. The number of amides is 1. The van der Waals surface area contributed by atoms with Gasteiger partial charge in [0.1, 0.15) is 15.8 Å². The van der Waals surface area contributed by atoms with Crippen molar-refractivity contribution in [3.05, 3.63) is 80.6 Å². The van der Waals surface area contributed by atoms with E-state index in [9.17, 15) is 14.7 Å². The zero-order chi connectivity index (χ0) is 25.9. The van der Waals surface area contributed by atoms with Gasteiger partial charge < -0.3 is 10.0 Å². The first-order valence-corrected chi connectivity index (χ1v) is 13.6. The summed E-state index contributed by atoms with van der Waals surface area (Å²) in [7, 11) is 0. The van der Waals surface area contributed by atoms with Crippen molar-refractivity contribution >= 4 is 51.7 Å². The summed E-state index contributed by atoms with van der Waals surface area (Å²) in [6.45, 7) is 6.02. The first kappa shape index (κ1) is 25.6. The van der Waals surface area contributed by atoms with Crippen LogP contribution in [0.2, 0.25) is 0 Å². The number of hydrogen-bond acceptors (Lipinski definition) is 8. The molecule has 8 nitrogen and oxygen atoms in total. The highest BCUT2D eigenvalue weighted by Crippen LogP contribution is 2.33. The van der Waals surface area contributed by atoms with E-state index in [1.54, 1.807) is 21.6 Å². The molecule has 0 atom stereocenters. The van der Waals surface area contributed by atoms with Crippen LogP contribution in [0.25, 0.3) is 11.7 Å². The van der Waals surface area contributed by atoms with Crippen molar-refractivity contribution in [3.8, 4) is 0 Å². The molecule has 192 valence electrons. The molecule has 1 N–H and O–H groups in total. The van der Waals surface area contributed by atoms with Gasteiger partial charge in [-0.25, -0.2) is 4.98 Å². The van der Waals surface area contributed by atoms with Gasteiger partial charge >= 0.3 is 0 Å². The summed E-state index contributed by atoms with van der Waals surface area (Å²) in [4.78, 5) is 38.3. The molecule has 0 bridgehead atoms. The summed E-state index contributed by atoms with van der Waals surface area (Å²) < 4.78 is 2.04. The van der Waals surface area contributed by atoms with Crippen LogP contribution in [0.4, 0.5) is 5.82 Å². The SMILES string of the molecule is Cc1ccc2nc(N3CCN(CCO)CC3)c(C=C3SC(=S)N(CCc4ccccc4)C3=O)c(=O)n2c1. The smallest absolute Gasteiger partial charge is 0.267 e. The van der Waals surface area contributed by atoms with Crippen LogP contribution in [0.1, 0.15) is 16.7 Å². The highest BCUT2D eigenvalue weighted by atomic mass is 32.2. The molecule has 2 aliphatic rings. The molecule has 2 aliphatic heterocycles. The van der Waals surface area contributed by atoms with Crippen LogP contribution < -0.4 is 10.5 Å². The number of piperazine rings is 1. The van der Waals surface area contributed by atoms with Crippen molar-refractivity contribution in [3.63, 3.8) is 0 Å². The van der Waals surface area contributed by atoms with E-state index >= 15 is 0 Å². The molecule has 10 heteroatoms. The normalized spacial score (nSPS) is 17.9. The molecule has 0 spiro atoms. The highest BCUT2D eigenvalue weighted by Gasteiger charge is 2.33. The van der Waals surface area contributed by atoms with Crippen LogP contribution in [-0.4, -0.2) is 80.4 Å². The minimum absolute atomic E-state index is 0.117. The maximum absolute atomic E-state index is 13.7. The summed E-state index contributed by atoms with van der Waals surface area (Å²) in [5, 5.41) is 9.28. The predicted octanol–water partition coefficient (Wildman–Crippen LogP) is 2.56. The molecule has 1 amide bonds. The van der Waals surface area contributed by atoms with Crippen molar-refractivity contribution < 1.29 is 9.90 Å². The van der Waals surface area contributed by atoms with Gasteiger partial charge in [0.25, 0.3) is 11.5 Å². The Kier molecular flexibility index (Phi) is 7.71. The summed E-state index contributed by atoms with van der Waals surface area (Å²) in [5.74, 6) is 0.394. The molecule has 0 saturated carbocycles. The Labute approximate surface area is 225 Å². The second kappa shape index (κ2) is 11.1. The minimum atomic E-state index is -0.212. The molecule has 4 heterocycles. The lowest BCUT2D eigenvalue weighted by molar-refractivity contribution is -0.122. The fraction of sp³-hybridized carbons (Fsp3) is 0.333. The summed E-state index contributed by atoms with van der Waals surface area (Å²) >= 11 is 6.77. The van der Waals surface area contributed by atoms with Gasteiger partial charge in [0.2, 0.25) is 0 Å². The van der Waals surface area contributed by atoms with Crippen LogP contribution in [0.15, 0.2) is 58.4 Å². The minimum Gasteiger partial charge on any atom is -0.395 e. The van der Waals surface area contributed by atoms with E-state index in [0.717, 1.165) is 24.2 Å². The number of fused-ring (bicyclic) bond motifs is 1. The number of rotatable bonds is 7. The van der Waals surface area contributed by atoms with Crippen molar-refractivity contribution in [1.82, 2.24) is 19.2 Å². The van der Waals surface area contributed by atoms with Gasteiger partial charge in [-0.1, -0.05) is 60.4 Å². The molecule has 1 aromatic carbocycles. The number of carbonyl (C=O) groups is 1. The largest absolute Gasteiger partial charge is 0.395 e. The Morgan fingerprint density at radius 3 is 2.54 bits per heavy atom. The molecule has 37 heavy (non-hydrogen) atoms. The van der Waals surface area contributed by atoms with E-state index in [4.69, 9.17) is 17.2 Å². The number of anilines is 1. The van der Waals surface area contributed by atoms with Gasteiger partial charge in [0, 0.05) is 45.5 Å². The highest BCUT2D eigenvalue weighted by molar-refractivity contribution is 8.26. The van der Waals surface area contributed by atoms with Gasteiger partial charge in [-0.15, -0.1) is 0 Å². The number of thiocarbonyl (C=S) groups is 1. The van der Waals surface area contributed by atoms with Crippen molar-refractivity contribution in [2.24, 2.45) is 0 Å². The summed E-state index contributed by atoms with van der Waals surface area (Å²) in [6.07, 6.45) is 4.14. The van der Waals surface area contributed by atoms with Gasteiger partial charge in [-0.05, 0) is 36.6 Å². The second-order valence-electron chi connectivity index (χ2n) is 9.21. The first-order valence-electron chi connectivity index (χ1n) is 12.3. The number of benzene rings is 1. The molecular weight excluding hydrogens is 506 g/mol.